The molecular formula is C20H21NS. The van der Waals surface area contributed by atoms with Gasteiger partial charge in [-0.3, -0.25) is 4.98 Å². The molecule has 3 aromatic rings. The van der Waals surface area contributed by atoms with E-state index in [-0.39, 0.29) is 0 Å². The van der Waals surface area contributed by atoms with Crippen LogP contribution in [0.4, 0.5) is 0 Å². The predicted molar refractivity (Wildman–Crippen MR) is 98.7 cm³/mol. The Morgan fingerprint density at radius 1 is 0.636 bits per heavy atom. The van der Waals surface area contributed by atoms with Crippen molar-refractivity contribution in [2.75, 3.05) is 18.8 Å². The fraction of sp³-hybridized carbons (Fsp3) is 0.150. The van der Waals surface area contributed by atoms with Crippen molar-refractivity contribution in [1.82, 2.24) is 4.98 Å². The average molecular weight is 307 g/mol. The van der Waals surface area contributed by atoms with Gasteiger partial charge in [-0.2, -0.15) is 0 Å². The first-order valence-electron chi connectivity index (χ1n) is 7.34. The normalized spacial score (nSPS) is 12.1. The molecule has 0 spiro atoms. The molecule has 1 aromatic heterocycles. The third-order valence-corrected chi connectivity index (χ3v) is 5.41. The molecule has 0 saturated carbocycles. The minimum Gasteiger partial charge on any atom is -0.256 e. The van der Waals surface area contributed by atoms with Crippen molar-refractivity contribution >= 4 is 10.0 Å². The molecule has 2 heteroatoms. The maximum Gasteiger partial charge on any atom is 0.0702 e. The van der Waals surface area contributed by atoms with Crippen molar-refractivity contribution in [3.05, 3.63) is 72.9 Å². The molecule has 112 valence electrons. The van der Waals surface area contributed by atoms with Crippen molar-refractivity contribution in [2.24, 2.45) is 0 Å². The van der Waals surface area contributed by atoms with Gasteiger partial charge in [-0.15, -0.1) is 0 Å². The third kappa shape index (κ3) is 3.23. The van der Waals surface area contributed by atoms with Gasteiger partial charge >= 0.3 is 0 Å². The summed E-state index contributed by atoms with van der Waals surface area (Å²) >= 11 is 0. The highest BCUT2D eigenvalue weighted by molar-refractivity contribution is 8.32. The first-order valence-corrected chi connectivity index (χ1v) is 10.2. The summed E-state index contributed by atoms with van der Waals surface area (Å²) in [6.07, 6.45) is 8.91. The molecule has 0 N–H and O–H groups in total. The van der Waals surface area contributed by atoms with E-state index in [1.807, 2.05) is 24.4 Å². The SMILES string of the molecule is CS(C)(C)c1ccc(-c2ccc(-c3ccccc3)nc2)cc1. The highest BCUT2D eigenvalue weighted by Gasteiger charge is 2.08. The van der Waals surface area contributed by atoms with Gasteiger partial charge < -0.3 is 0 Å². The summed E-state index contributed by atoms with van der Waals surface area (Å²) in [7, 11) is -0.660. The van der Waals surface area contributed by atoms with Gasteiger partial charge in [-0.05, 0) is 47.4 Å². The molecule has 0 bridgehead atoms. The zero-order valence-electron chi connectivity index (χ0n) is 13.3. The van der Waals surface area contributed by atoms with Gasteiger partial charge in [0.05, 0.1) is 5.69 Å². The van der Waals surface area contributed by atoms with Crippen molar-refractivity contribution in [3.8, 4) is 22.4 Å². The molecule has 0 fully saturated rings. The van der Waals surface area contributed by atoms with Gasteiger partial charge in [-0.25, -0.2) is 10.0 Å². The lowest BCUT2D eigenvalue weighted by Gasteiger charge is -2.25. The molecule has 1 heterocycles. The van der Waals surface area contributed by atoms with E-state index in [4.69, 9.17) is 0 Å². The Morgan fingerprint density at radius 3 is 1.82 bits per heavy atom. The smallest absolute Gasteiger partial charge is 0.0702 e. The highest BCUT2D eigenvalue weighted by atomic mass is 32.3. The topological polar surface area (TPSA) is 12.9 Å². The van der Waals surface area contributed by atoms with E-state index in [1.165, 1.54) is 10.5 Å². The van der Waals surface area contributed by atoms with Gasteiger partial charge in [0.1, 0.15) is 0 Å². The summed E-state index contributed by atoms with van der Waals surface area (Å²) in [5.74, 6) is 0. The maximum atomic E-state index is 4.60. The van der Waals surface area contributed by atoms with Crippen LogP contribution >= 0.6 is 10.0 Å². The monoisotopic (exact) mass is 307 g/mol. The molecule has 0 radical (unpaired) electrons. The Hall–Kier alpha value is -2.06. The second kappa shape index (κ2) is 5.98. The number of rotatable bonds is 3. The van der Waals surface area contributed by atoms with Gasteiger partial charge in [0, 0.05) is 17.3 Å². The quantitative estimate of drug-likeness (QED) is 0.625. The largest absolute Gasteiger partial charge is 0.256 e. The van der Waals surface area contributed by atoms with E-state index in [0.717, 1.165) is 16.8 Å². The second-order valence-corrected chi connectivity index (χ2v) is 10.3. The first kappa shape index (κ1) is 14.9. The maximum absolute atomic E-state index is 4.60. The molecule has 2 aromatic carbocycles. The van der Waals surface area contributed by atoms with Gasteiger partial charge in [-0.1, -0.05) is 48.5 Å². The number of pyridine rings is 1. The van der Waals surface area contributed by atoms with Crippen molar-refractivity contribution in [3.63, 3.8) is 0 Å². The Balaban J connectivity index is 1.87. The summed E-state index contributed by atoms with van der Waals surface area (Å²) in [5, 5.41) is 0. The van der Waals surface area contributed by atoms with E-state index < -0.39 is 10.0 Å². The van der Waals surface area contributed by atoms with Gasteiger partial charge in [0.25, 0.3) is 0 Å². The molecule has 0 aliphatic rings. The minimum absolute atomic E-state index is 0.660. The minimum atomic E-state index is -0.660. The van der Waals surface area contributed by atoms with Crippen LogP contribution in [0.2, 0.25) is 0 Å². The molecule has 0 aliphatic carbocycles. The van der Waals surface area contributed by atoms with Gasteiger partial charge in [0.15, 0.2) is 0 Å². The standard InChI is InChI=1S/C20H21NS/c1-22(2,3)19-12-9-16(10-13-19)18-11-14-20(21-15-18)17-7-5-4-6-8-17/h4-15H,1-3H3. The third-order valence-electron chi connectivity index (χ3n) is 3.73. The molecule has 22 heavy (non-hydrogen) atoms. The molecule has 0 unspecified atom stereocenters. The lowest BCUT2D eigenvalue weighted by atomic mass is 10.1. The molecule has 3 rings (SSSR count). The van der Waals surface area contributed by atoms with Crippen LogP contribution in [0, 0.1) is 0 Å². The first-order chi connectivity index (χ1) is 10.5. The summed E-state index contributed by atoms with van der Waals surface area (Å²) < 4.78 is 0. The number of benzene rings is 2. The molecule has 0 aliphatic heterocycles. The summed E-state index contributed by atoms with van der Waals surface area (Å²) in [5.41, 5.74) is 4.55. The van der Waals surface area contributed by atoms with E-state index in [0.29, 0.717) is 0 Å². The summed E-state index contributed by atoms with van der Waals surface area (Å²) in [4.78, 5) is 6.04. The van der Waals surface area contributed by atoms with Crippen LogP contribution in [0.15, 0.2) is 77.8 Å². The average Bonchev–Trinajstić information content (AvgIpc) is 2.55. The van der Waals surface area contributed by atoms with Crippen LogP contribution in [0.25, 0.3) is 22.4 Å². The van der Waals surface area contributed by atoms with Crippen molar-refractivity contribution < 1.29 is 0 Å². The lowest BCUT2D eigenvalue weighted by molar-refractivity contribution is 1.32. The Kier molecular flexibility index (Phi) is 4.04. The second-order valence-electron chi connectivity index (χ2n) is 6.16. The predicted octanol–water partition coefficient (Wildman–Crippen LogP) is 5.47. The summed E-state index contributed by atoms with van der Waals surface area (Å²) in [6, 6.07) is 23.4. The molecular weight excluding hydrogens is 286 g/mol. The van der Waals surface area contributed by atoms with Crippen LogP contribution in [0.5, 0.6) is 0 Å². The van der Waals surface area contributed by atoms with Crippen LogP contribution in [0.1, 0.15) is 0 Å². The number of hydrogen-bond donors (Lipinski definition) is 0. The van der Waals surface area contributed by atoms with E-state index in [2.05, 4.69) is 72.3 Å². The zero-order chi connectivity index (χ0) is 15.6. The number of nitrogens with zero attached hydrogens (tertiary/aromatic N) is 1. The Bertz CT molecular complexity index is 738. The van der Waals surface area contributed by atoms with E-state index >= 15 is 0 Å². The Morgan fingerprint density at radius 2 is 1.27 bits per heavy atom. The van der Waals surface area contributed by atoms with Crippen molar-refractivity contribution in [2.45, 2.75) is 4.90 Å². The summed E-state index contributed by atoms with van der Waals surface area (Å²) in [6.45, 7) is 0. The highest BCUT2D eigenvalue weighted by Crippen LogP contribution is 2.45. The molecule has 1 nitrogen and oxygen atoms in total. The lowest BCUT2D eigenvalue weighted by Crippen LogP contribution is -1.92. The van der Waals surface area contributed by atoms with Crippen LogP contribution in [0.3, 0.4) is 0 Å². The molecule has 0 atom stereocenters. The van der Waals surface area contributed by atoms with Crippen LogP contribution in [-0.2, 0) is 0 Å². The molecule has 0 saturated heterocycles. The van der Waals surface area contributed by atoms with E-state index in [9.17, 15) is 0 Å². The van der Waals surface area contributed by atoms with Gasteiger partial charge in [0.2, 0.25) is 0 Å². The van der Waals surface area contributed by atoms with Crippen LogP contribution in [-0.4, -0.2) is 23.8 Å². The van der Waals surface area contributed by atoms with Crippen molar-refractivity contribution in [1.29, 1.82) is 0 Å². The number of aromatic nitrogens is 1. The number of hydrogen-bond acceptors (Lipinski definition) is 1. The fourth-order valence-electron chi connectivity index (χ4n) is 2.40. The zero-order valence-corrected chi connectivity index (χ0v) is 14.1. The Labute approximate surface area is 134 Å². The van der Waals surface area contributed by atoms with E-state index in [1.54, 1.807) is 0 Å². The molecule has 0 amide bonds. The fourth-order valence-corrected chi connectivity index (χ4v) is 3.35. The van der Waals surface area contributed by atoms with Crippen LogP contribution < -0.4 is 0 Å².